The van der Waals surface area contributed by atoms with E-state index < -0.39 is 5.97 Å². The summed E-state index contributed by atoms with van der Waals surface area (Å²) in [5.74, 6) is -0.360. The second-order valence-electron chi connectivity index (χ2n) is 4.50. The second-order valence-corrected chi connectivity index (χ2v) is 4.50. The van der Waals surface area contributed by atoms with E-state index in [0.717, 1.165) is 16.5 Å². The van der Waals surface area contributed by atoms with Crippen LogP contribution >= 0.6 is 0 Å². The van der Waals surface area contributed by atoms with Crippen LogP contribution in [0.4, 0.5) is 0 Å². The number of carboxylic acid groups (broad SMARTS) is 1. The quantitative estimate of drug-likeness (QED) is 0.795. The van der Waals surface area contributed by atoms with Gasteiger partial charge in [-0.05, 0) is 35.9 Å². The fraction of sp³-hybridized carbons (Fsp3) is 0.0625. The number of pyridine rings is 2. The first-order valence-electron chi connectivity index (χ1n) is 6.38. The number of benzene rings is 1. The van der Waals surface area contributed by atoms with Crippen LogP contribution in [-0.2, 0) is 6.61 Å². The van der Waals surface area contributed by atoms with Crippen LogP contribution in [0.15, 0.2) is 54.9 Å². The maximum atomic E-state index is 10.9. The van der Waals surface area contributed by atoms with E-state index in [9.17, 15) is 4.79 Å². The van der Waals surface area contributed by atoms with Gasteiger partial charge in [0.15, 0.2) is 0 Å². The normalized spacial score (nSPS) is 10.5. The van der Waals surface area contributed by atoms with E-state index in [1.165, 1.54) is 12.3 Å². The van der Waals surface area contributed by atoms with Crippen LogP contribution in [0.1, 0.15) is 16.1 Å². The molecular weight excluding hydrogens is 268 g/mol. The molecule has 104 valence electrons. The highest BCUT2D eigenvalue weighted by Gasteiger charge is 2.05. The van der Waals surface area contributed by atoms with Gasteiger partial charge >= 0.3 is 5.97 Å². The summed E-state index contributed by atoms with van der Waals surface area (Å²) in [4.78, 5) is 18.9. The van der Waals surface area contributed by atoms with Gasteiger partial charge in [-0.2, -0.15) is 0 Å². The van der Waals surface area contributed by atoms with Crippen LogP contribution in [0.5, 0.6) is 5.75 Å². The molecule has 0 amide bonds. The maximum absolute atomic E-state index is 10.9. The molecule has 5 heteroatoms. The monoisotopic (exact) mass is 280 g/mol. The van der Waals surface area contributed by atoms with Crippen LogP contribution in [0.3, 0.4) is 0 Å². The first-order valence-corrected chi connectivity index (χ1v) is 6.38. The minimum absolute atomic E-state index is 0.0104. The molecule has 0 aliphatic carbocycles. The average Bonchev–Trinajstić information content (AvgIpc) is 2.53. The molecule has 0 aliphatic rings. The number of nitrogens with zero attached hydrogens (tertiary/aromatic N) is 2. The predicted octanol–water partition coefficient (Wildman–Crippen LogP) is 2.91. The van der Waals surface area contributed by atoms with Gasteiger partial charge < -0.3 is 9.84 Å². The molecule has 0 aliphatic heterocycles. The molecular formula is C16H12N2O3. The van der Waals surface area contributed by atoms with Gasteiger partial charge in [-0.1, -0.05) is 6.07 Å². The molecule has 0 saturated heterocycles. The molecule has 0 radical (unpaired) electrons. The highest BCUT2D eigenvalue weighted by Crippen LogP contribution is 2.19. The van der Waals surface area contributed by atoms with Gasteiger partial charge in [-0.25, -0.2) is 9.78 Å². The van der Waals surface area contributed by atoms with Crippen LogP contribution in [-0.4, -0.2) is 21.0 Å². The Morgan fingerprint density at radius 2 is 2.00 bits per heavy atom. The first kappa shape index (κ1) is 13.1. The van der Waals surface area contributed by atoms with Gasteiger partial charge in [0.2, 0.25) is 0 Å². The Morgan fingerprint density at radius 1 is 1.10 bits per heavy atom. The summed E-state index contributed by atoms with van der Waals surface area (Å²) in [6, 6.07) is 12.7. The van der Waals surface area contributed by atoms with Crippen molar-refractivity contribution < 1.29 is 14.6 Å². The van der Waals surface area contributed by atoms with Crippen molar-refractivity contribution in [2.24, 2.45) is 0 Å². The third-order valence-electron chi connectivity index (χ3n) is 3.03. The largest absolute Gasteiger partial charge is 0.489 e. The zero-order valence-electron chi connectivity index (χ0n) is 11.1. The molecule has 21 heavy (non-hydrogen) atoms. The zero-order valence-corrected chi connectivity index (χ0v) is 11.1. The summed E-state index contributed by atoms with van der Waals surface area (Å²) in [6.45, 7) is 0.279. The molecule has 2 heterocycles. The summed E-state index contributed by atoms with van der Waals surface area (Å²) in [5, 5.41) is 9.94. The number of hydrogen-bond donors (Lipinski definition) is 1. The summed E-state index contributed by atoms with van der Waals surface area (Å²) >= 11 is 0. The fourth-order valence-corrected chi connectivity index (χ4v) is 1.98. The summed E-state index contributed by atoms with van der Waals surface area (Å²) in [7, 11) is 0. The maximum Gasteiger partial charge on any atom is 0.354 e. The molecule has 1 N–H and O–H groups in total. The molecule has 0 bridgehead atoms. The lowest BCUT2D eigenvalue weighted by atomic mass is 10.2. The summed E-state index contributed by atoms with van der Waals surface area (Å²) in [5.41, 5.74) is 1.62. The van der Waals surface area contributed by atoms with E-state index in [2.05, 4.69) is 9.97 Å². The highest BCUT2D eigenvalue weighted by molar-refractivity contribution is 5.85. The molecule has 3 rings (SSSR count). The van der Waals surface area contributed by atoms with Gasteiger partial charge in [-0.15, -0.1) is 0 Å². The molecule has 0 fully saturated rings. The van der Waals surface area contributed by atoms with Gasteiger partial charge in [0.25, 0.3) is 0 Å². The molecule has 0 atom stereocenters. The molecule has 1 aromatic carbocycles. The Labute approximate surface area is 120 Å². The van der Waals surface area contributed by atoms with Crippen LogP contribution in [0.25, 0.3) is 10.9 Å². The minimum Gasteiger partial charge on any atom is -0.489 e. The molecule has 0 saturated carbocycles. The first-order chi connectivity index (χ1) is 10.2. The molecule has 0 spiro atoms. The Hall–Kier alpha value is -2.95. The SMILES string of the molecule is O=C(O)c1cc(COc2ccc3cccnc3c2)ccn1. The van der Waals surface area contributed by atoms with Crippen molar-refractivity contribution in [3.8, 4) is 5.75 Å². The van der Waals surface area contributed by atoms with Crippen LogP contribution in [0, 0.1) is 0 Å². The van der Waals surface area contributed by atoms with Crippen molar-refractivity contribution in [2.45, 2.75) is 6.61 Å². The van der Waals surface area contributed by atoms with E-state index in [1.54, 1.807) is 12.3 Å². The van der Waals surface area contributed by atoms with Crippen molar-refractivity contribution in [3.63, 3.8) is 0 Å². The number of aromatic nitrogens is 2. The molecule has 2 aromatic heterocycles. The third kappa shape index (κ3) is 2.97. The lowest BCUT2D eigenvalue weighted by Gasteiger charge is -2.07. The van der Waals surface area contributed by atoms with E-state index in [-0.39, 0.29) is 12.3 Å². The van der Waals surface area contributed by atoms with Crippen molar-refractivity contribution in [1.29, 1.82) is 0 Å². The molecule has 0 unspecified atom stereocenters. The Balaban J connectivity index is 1.77. The van der Waals surface area contributed by atoms with Gasteiger partial charge in [0.05, 0.1) is 5.52 Å². The molecule has 5 nitrogen and oxygen atoms in total. The standard InChI is InChI=1S/C16H12N2O3/c19-16(20)15-8-11(5-7-18-15)10-21-13-4-3-12-2-1-6-17-14(12)9-13/h1-9H,10H2,(H,19,20). The number of hydrogen-bond acceptors (Lipinski definition) is 4. The van der Waals surface area contributed by atoms with Crippen molar-refractivity contribution >= 4 is 16.9 Å². The smallest absolute Gasteiger partial charge is 0.354 e. The molecule has 3 aromatic rings. The summed E-state index contributed by atoms with van der Waals surface area (Å²) in [6.07, 6.45) is 3.19. The topological polar surface area (TPSA) is 72.3 Å². The zero-order chi connectivity index (χ0) is 14.7. The number of fused-ring (bicyclic) bond motifs is 1. The summed E-state index contributed by atoms with van der Waals surface area (Å²) < 4.78 is 5.67. The third-order valence-corrected chi connectivity index (χ3v) is 3.03. The van der Waals surface area contributed by atoms with Crippen molar-refractivity contribution in [2.75, 3.05) is 0 Å². The van der Waals surface area contributed by atoms with E-state index in [4.69, 9.17) is 9.84 Å². The number of rotatable bonds is 4. The Bertz CT molecular complexity index is 802. The Morgan fingerprint density at radius 3 is 2.86 bits per heavy atom. The average molecular weight is 280 g/mol. The highest BCUT2D eigenvalue weighted by atomic mass is 16.5. The van der Waals surface area contributed by atoms with Crippen molar-refractivity contribution in [1.82, 2.24) is 9.97 Å². The number of aromatic carboxylic acids is 1. The van der Waals surface area contributed by atoms with E-state index >= 15 is 0 Å². The Kier molecular flexibility index (Phi) is 3.47. The number of ether oxygens (including phenoxy) is 1. The van der Waals surface area contributed by atoms with Gasteiger partial charge in [0, 0.05) is 23.8 Å². The number of carbonyl (C=O) groups is 1. The fourth-order valence-electron chi connectivity index (χ4n) is 1.98. The van der Waals surface area contributed by atoms with E-state index in [0.29, 0.717) is 5.75 Å². The van der Waals surface area contributed by atoms with Crippen LogP contribution < -0.4 is 4.74 Å². The second kappa shape index (κ2) is 5.58. The van der Waals surface area contributed by atoms with Gasteiger partial charge in [0.1, 0.15) is 18.1 Å². The van der Waals surface area contributed by atoms with E-state index in [1.807, 2.05) is 30.3 Å². The lowest BCUT2D eigenvalue weighted by molar-refractivity contribution is 0.0690. The van der Waals surface area contributed by atoms with Crippen molar-refractivity contribution in [3.05, 3.63) is 66.1 Å². The predicted molar refractivity (Wildman–Crippen MR) is 77.3 cm³/mol. The minimum atomic E-state index is -1.05. The number of carboxylic acids is 1. The van der Waals surface area contributed by atoms with Crippen LogP contribution in [0.2, 0.25) is 0 Å². The lowest BCUT2D eigenvalue weighted by Crippen LogP contribution is -2.02. The van der Waals surface area contributed by atoms with Gasteiger partial charge in [-0.3, -0.25) is 4.98 Å².